The van der Waals surface area contributed by atoms with Gasteiger partial charge in [0, 0.05) is 16.9 Å². The molecule has 1 atom stereocenters. The Bertz CT molecular complexity index is 68.6. The molecule has 1 nitrogen and oxygen atoms in total. The second kappa shape index (κ2) is 7.76. The van der Waals surface area contributed by atoms with Crippen LogP contribution in [0.3, 0.4) is 0 Å². The smallest absolute Gasteiger partial charge is 0.0441 e. The van der Waals surface area contributed by atoms with Crippen molar-refractivity contribution >= 4 is 23.5 Å². The van der Waals surface area contributed by atoms with E-state index in [9.17, 15) is 0 Å². The SMILES string of the molecule is CCSCSC(C)CCO. The summed E-state index contributed by atoms with van der Waals surface area (Å²) < 4.78 is 0. The topological polar surface area (TPSA) is 20.2 Å². The molecule has 0 aromatic heterocycles. The normalized spacial score (nSPS) is 13.5. The van der Waals surface area contributed by atoms with Gasteiger partial charge in [-0.3, -0.25) is 0 Å². The van der Waals surface area contributed by atoms with Gasteiger partial charge >= 0.3 is 0 Å². The number of hydrogen-bond acceptors (Lipinski definition) is 3. The molecule has 0 aromatic rings. The first-order valence-corrected chi connectivity index (χ1v) is 5.81. The zero-order valence-electron chi connectivity index (χ0n) is 6.67. The van der Waals surface area contributed by atoms with Gasteiger partial charge in [0.15, 0.2) is 0 Å². The summed E-state index contributed by atoms with van der Waals surface area (Å²) in [5, 5.41) is 10.4. The lowest BCUT2D eigenvalue weighted by Gasteiger charge is -2.07. The number of rotatable bonds is 6. The summed E-state index contributed by atoms with van der Waals surface area (Å²) in [5.74, 6) is 1.19. The molecule has 62 valence electrons. The van der Waals surface area contributed by atoms with Gasteiger partial charge in [0.1, 0.15) is 0 Å². The van der Waals surface area contributed by atoms with Crippen molar-refractivity contribution in [1.29, 1.82) is 0 Å². The predicted molar refractivity (Wildman–Crippen MR) is 51.8 cm³/mol. The fourth-order valence-corrected chi connectivity index (χ4v) is 2.77. The Morgan fingerprint density at radius 2 is 2.20 bits per heavy atom. The van der Waals surface area contributed by atoms with Crippen molar-refractivity contribution in [3.63, 3.8) is 0 Å². The van der Waals surface area contributed by atoms with Crippen molar-refractivity contribution in [1.82, 2.24) is 0 Å². The van der Waals surface area contributed by atoms with Crippen LogP contribution >= 0.6 is 23.5 Å². The van der Waals surface area contributed by atoms with Gasteiger partial charge in [-0.15, -0.1) is 11.8 Å². The molecule has 0 saturated carbocycles. The molecule has 1 unspecified atom stereocenters. The molecule has 0 aliphatic carbocycles. The van der Waals surface area contributed by atoms with Crippen molar-refractivity contribution in [3.05, 3.63) is 0 Å². The van der Waals surface area contributed by atoms with E-state index in [2.05, 4.69) is 13.8 Å². The standard InChI is InChI=1S/C7H16OS2/c1-3-9-6-10-7(2)4-5-8/h7-8H,3-6H2,1-2H3. The van der Waals surface area contributed by atoms with Crippen LogP contribution in [0.4, 0.5) is 0 Å². The summed E-state index contributed by atoms with van der Waals surface area (Å²) in [7, 11) is 0. The van der Waals surface area contributed by atoms with Crippen molar-refractivity contribution in [2.45, 2.75) is 25.5 Å². The van der Waals surface area contributed by atoms with Crippen LogP contribution in [0, 0.1) is 0 Å². The number of hydrogen-bond donors (Lipinski definition) is 1. The van der Waals surface area contributed by atoms with Gasteiger partial charge in [0.25, 0.3) is 0 Å². The van der Waals surface area contributed by atoms with E-state index in [-0.39, 0.29) is 0 Å². The molecule has 0 aromatic carbocycles. The summed E-state index contributed by atoms with van der Waals surface area (Å²) in [4.78, 5) is 0. The Kier molecular flexibility index (Phi) is 8.28. The molecule has 0 fully saturated rings. The lowest BCUT2D eigenvalue weighted by molar-refractivity contribution is 0.289. The first-order chi connectivity index (χ1) is 4.81. The molecular weight excluding hydrogens is 164 g/mol. The summed E-state index contributed by atoms with van der Waals surface area (Å²) >= 11 is 3.87. The van der Waals surface area contributed by atoms with Gasteiger partial charge in [-0.05, 0) is 12.2 Å². The second-order valence-corrected chi connectivity index (χ2v) is 5.17. The van der Waals surface area contributed by atoms with Crippen LogP contribution in [0.2, 0.25) is 0 Å². The summed E-state index contributed by atoms with van der Waals surface area (Å²) in [5.41, 5.74) is 0. The molecule has 0 rings (SSSR count). The Labute approximate surface area is 72.0 Å². The van der Waals surface area contributed by atoms with Crippen LogP contribution in [0.25, 0.3) is 0 Å². The van der Waals surface area contributed by atoms with Crippen molar-refractivity contribution in [2.24, 2.45) is 0 Å². The van der Waals surface area contributed by atoms with Gasteiger partial charge in [0.05, 0.1) is 0 Å². The van der Waals surface area contributed by atoms with Crippen LogP contribution in [0.1, 0.15) is 20.3 Å². The molecule has 0 aliphatic rings. The van der Waals surface area contributed by atoms with E-state index in [0.29, 0.717) is 11.9 Å². The summed E-state index contributed by atoms with van der Waals surface area (Å²) in [6, 6.07) is 0. The maximum absolute atomic E-state index is 8.57. The fraction of sp³-hybridized carbons (Fsp3) is 1.00. The van der Waals surface area contributed by atoms with Crippen LogP contribution < -0.4 is 0 Å². The van der Waals surface area contributed by atoms with E-state index < -0.39 is 0 Å². The first kappa shape index (κ1) is 10.7. The molecule has 0 radical (unpaired) electrons. The second-order valence-electron chi connectivity index (χ2n) is 2.10. The number of aliphatic hydroxyl groups is 1. The highest BCUT2D eigenvalue weighted by atomic mass is 32.2. The minimum Gasteiger partial charge on any atom is -0.396 e. The van der Waals surface area contributed by atoms with E-state index in [4.69, 9.17) is 5.11 Å². The van der Waals surface area contributed by atoms with E-state index in [1.54, 1.807) is 0 Å². The molecule has 0 amide bonds. The van der Waals surface area contributed by atoms with Crippen LogP contribution in [0.15, 0.2) is 0 Å². The summed E-state index contributed by atoms with van der Waals surface area (Å²) in [6.45, 7) is 4.66. The molecule has 0 aliphatic heterocycles. The van der Waals surface area contributed by atoms with E-state index >= 15 is 0 Å². The highest BCUT2D eigenvalue weighted by molar-refractivity contribution is 8.16. The largest absolute Gasteiger partial charge is 0.396 e. The fourth-order valence-electron chi connectivity index (χ4n) is 0.513. The Morgan fingerprint density at radius 1 is 1.50 bits per heavy atom. The Hall–Kier alpha value is 0.660. The maximum Gasteiger partial charge on any atom is 0.0441 e. The van der Waals surface area contributed by atoms with E-state index in [1.165, 1.54) is 5.75 Å². The van der Waals surface area contributed by atoms with Crippen LogP contribution in [-0.4, -0.2) is 27.8 Å². The van der Waals surface area contributed by atoms with Crippen molar-refractivity contribution in [3.8, 4) is 0 Å². The van der Waals surface area contributed by atoms with Gasteiger partial charge in [0.2, 0.25) is 0 Å². The molecule has 10 heavy (non-hydrogen) atoms. The minimum atomic E-state index is 0.324. The third kappa shape index (κ3) is 6.78. The molecule has 1 N–H and O–H groups in total. The summed E-state index contributed by atoms with van der Waals surface area (Å²) in [6.07, 6.45) is 0.926. The molecule has 0 bridgehead atoms. The molecule has 0 spiro atoms. The average molecular weight is 180 g/mol. The van der Waals surface area contributed by atoms with Crippen LogP contribution in [-0.2, 0) is 0 Å². The Morgan fingerprint density at radius 3 is 2.70 bits per heavy atom. The monoisotopic (exact) mass is 180 g/mol. The Balaban J connectivity index is 2.97. The lowest BCUT2D eigenvalue weighted by Crippen LogP contribution is -1.99. The zero-order valence-corrected chi connectivity index (χ0v) is 8.30. The zero-order chi connectivity index (χ0) is 7.82. The van der Waals surface area contributed by atoms with E-state index in [1.807, 2.05) is 23.5 Å². The quantitative estimate of drug-likeness (QED) is 0.500. The van der Waals surface area contributed by atoms with Gasteiger partial charge in [-0.2, -0.15) is 11.8 Å². The van der Waals surface area contributed by atoms with Crippen LogP contribution in [0.5, 0.6) is 0 Å². The van der Waals surface area contributed by atoms with Gasteiger partial charge in [-0.25, -0.2) is 0 Å². The molecule has 0 heterocycles. The van der Waals surface area contributed by atoms with Crippen molar-refractivity contribution < 1.29 is 5.11 Å². The number of thioether (sulfide) groups is 2. The molecular formula is C7H16OS2. The van der Waals surface area contributed by atoms with E-state index in [0.717, 1.165) is 11.5 Å². The average Bonchev–Trinajstić information content (AvgIpc) is 1.89. The van der Waals surface area contributed by atoms with Crippen molar-refractivity contribution in [2.75, 3.05) is 17.4 Å². The lowest BCUT2D eigenvalue weighted by atomic mass is 10.4. The van der Waals surface area contributed by atoms with Gasteiger partial charge < -0.3 is 5.11 Å². The predicted octanol–water partition coefficient (Wildman–Crippen LogP) is 2.20. The highest BCUT2D eigenvalue weighted by Gasteiger charge is 1.99. The molecule has 3 heteroatoms. The maximum atomic E-state index is 8.57. The third-order valence-corrected chi connectivity index (χ3v) is 3.60. The van der Waals surface area contributed by atoms with Gasteiger partial charge in [-0.1, -0.05) is 13.8 Å². The third-order valence-electron chi connectivity index (χ3n) is 1.18. The number of aliphatic hydroxyl groups excluding tert-OH is 1. The highest BCUT2D eigenvalue weighted by Crippen LogP contribution is 2.18. The minimum absolute atomic E-state index is 0.324. The molecule has 0 saturated heterocycles. The first-order valence-electron chi connectivity index (χ1n) is 3.61.